The first-order valence-corrected chi connectivity index (χ1v) is 6.11. The van der Waals surface area contributed by atoms with E-state index in [2.05, 4.69) is 11.7 Å². The van der Waals surface area contributed by atoms with Crippen LogP contribution in [0.15, 0.2) is 24.3 Å². The van der Waals surface area contributed by atoms with Gasteiger partial charge in [-0.2, -0.15) is 0 Å². The van der Waals surface area contributed by atoms with Crippen LogP contribution in [0.2, 0.25) is 0 Å². The second-order valence-electron chi connectivity index (χ2n) is 3.97. The number of hydrogen-bond donors (Lipinski definition) is 0. The van der Waals surface area contributed by atoms with Crippen LogP contribution in [0.4, 0.5) is 4.79 Å². The van der Waals surface area contributed by atoms with Gasteiger partial charge in [-0.25, -0.2) is 4.79 Å². The molecule has 0 aliphatic rings. The number of carbonyl (C=O) groups is 1. The molecule has 0 heterocycles. The molecule has 0 aliphatic heterocycles. The van der Waals surface area contributed by atoms with Gasteiger partial charge in [-0.3, -0.25) is 0 Å². The van der Waals surface area contributed by atoms with Gasteiger partial charge in [0, 0.05) is 0 Å². The van der Waals surface area contributed by atoms with E-state index in [1.165, 1.54) is 26.4 Å². The lowest BCUT2D eigenvalue weighted by Crippen LogP contribution is -2.08. The van der Waals surface area contributed by atoms with Crippen LogP contribution in [-0.2, 0) is 11.2 Å². The van der Waals surface area contributed by atoms with Crippen molar-refractivity contribution in [3.05, 3.63) is 29.8 Å². The molecule has 0 N–H and O–H groups in total. The van der Waals surface area contributed by atoms with E-state index >= 15 is 0 Å². The smallest absolute Gasteiger partial charge is 0.437 e. The Morgan fingerprint density at radius 1 is 1.18 bits per heavy atom. The van der Waals surface area contributed by atoms with Crippen molar-refractivity contribution in [2.75, 3.05) is 7.11 Å². The molecule has 17 heavy (non-hydrogen) atoms. The lowest BCUT2D eigenvalue weighted by atomic mass is 10.1. The summed E-state index contributed by atoms with van der Waals surface area (Å²) >= 11 is 0. The van der Waals surface area contributed by atoms with Crippen LogP contribution in [0.3, 0.4) is 0 Å². The zero-order chi connectivity index (χ0) is 12.5. The Balaban J connectivity index is 2.54. The van der Waals surface area contributed by atoms with Crippen LogP contribution >= 0.6 is 0 Å². The molecule has 0 radical (unpaired) electrons. The third-order valence-electron chi connectivity index (χ3n) is 2.63. The number of aryl methyl sites for hydroxylation is 1. The van der Waals surface area contributed by atoms with Crippen LogP contribution < -0.4 is 4.74 Å². The van der Waals surface area contributed by atoms with Crippen LogP contribution in [0, 0.1) is 0 Å². The fourth-order valence-electron chi connectivity index (χ4n) is 1.68. The number of benzene rings is 1. The summed E-state index contributed by atoms with van der Waals surface area (Å²) in [5, 5.41) is 0. The number of carbonyl (C=O) groups excluding carboxylic acids is 1. The van der Waals surface area contributed by atoms with E-state index in [-0.39, 0.29) is 0 Å². The Bertz CT molecular complexity index is 347. The molecular weight excluding hydrogens is 216 g/mol. The molecule has 0 aromatic heterocycles. The minimum Gasteiger partial charge on any atom is -0.437 e. The molecule has 0 saturated carbocycles. The van der Waals surface area contributed by atoms with Gasteiger partial charge in [0.1, 0.15) is 5.75 Å². The summed E-state index contributed by atoms with van der Waals surface area (Å²) in [6.07, 6.45) is 5.08. The molecule has 0 amide bonds. The van der Waals surface area contributed by atoms with Gasteiger partial charge in [0.15, 0.2) is 0 Å². The van der Waals surface area contributed by atoms with Gasteiger partial charge >= 0.3 is 6.16 Å². The highest BCUT2D eigenvalue weighted by atomic mass is 16.7. The van der Waals surface area contributed by atoms with Gasteiger partial charge in [-0.15, -0.1) is 0 Å². The molecule has 3 heteroatoms. The van der Waals surface area contributed by atoms with Crippen molar-refractivity contribution in [1.82, 2.24) is 0 Å². The lowest BCUT2D eigenvalue weighted by molar-refractivity contribution is 0.121. The number of para-hydroxylation sites is 1. The predicted molar refractivity (Wildman–Crippen MR) is 67.3 cm³/mol. The van der Waals surface area contributed by atoms with Crippen LogP contribution in [0.5, 0.6) is 5.75 Å². The quantitative estimate of drug-likeness (QED) is 0.426. The van der Waals surface area contributed by atoms with E-state index in [0.717, 1.165) is 18.4 Å². The molecule has 94 valence electrons. The van der Waals surface area contributed by atoms with Crippen LogP contribution in [0.25, 0.3) is 0 Å². The van der Waals surface area contributed by atoms with E-state index < -0.39 is 6.16 Å². The number of hydrogen-bond acceptors (Lipinski definition) is 3. The Morgan fingerprint density at radius 2 is 1.94 bits per heavy atom. The van der Waals surface area contributed by atoms with Crippen LogP contribution in [-0.4, -0.2) is 13.3 Å². The summed E-state index contributed by atoms with van der Waals surface area (Å²) in [7, 11) is 1.31. The van der Waals surface area contributed by atoms with E-state index in [1.807, 2.05) is 18.2 Å². The molecule has 1 rings (SSSR count). The average Bonchev–Trinajstić information content (AvgIpc) is 2.36. The largest absolute Gasteiger partial charge is 0.513 e. The first-order chi connectivity index (χ1) is 8.27. The zero-order valence-corrected chi connectivity index (χ0v) is 10.6. The molecule has 0 unspecified atom stereocenters. The summed E-state index contributed by atoms with van der Waals surface area (Å²) in [6.45, 7) is 2.19. The minimum absolute atomic E-state index is 0.607. The monoisotopic (exact) mass is 236 g/mol. The number of unbranched alkanes of at least 4 members (excludes halogenated alkanes) is 3. The lowest BCUT2D eigenvalue weighted by Gasteiger charge is -2.08. The van der Waals surface area contributed by atoms with E-state index in [9.17, 15) is 4.79 Å². The SMILES string of the molecule is CCCCCCc1ccccc1OC(=O)OC. The molecule has 1 aromatic rings. The van der Waals surface area contributed by atoms with Crippen molar-refractivity contribution in [2.45, 2.75) is 39.0 Å². The first kappa shape index (κ1) is 13.6. The Kier molecular flexibility index (Phi) is 6.15. The topological polar surface area (TPSA) is 35.5 Å². The van der Waals surface area contributed by atoms with Gasteiger partial charge in [-0.1, -0.05) is 44.4 Å². The summed E-state index contributed by atoms with van der Waals surface area (Å²) in [5.74, 6) is 0.607. The summed E-state index contributed by atoms with van der Waals surface area (Å²) in [6, 6.07) is 7.60. The number of ether oxygens (including phenoxy) is 2. The van der Waals surface area contributed by atoms with Crippen molar-refractivity contribution in [3.8, 4) is 5.75 Å². The third-order valence-corrected chi connectivity index (χ3v) is 2.63. The summed E-state index contributed by atoms with van der Waals surface area (Å²) in [5.41, 5.74) is 1.06. The number of rotatable bonds is 6. The summed E-state index contributed by atoms with van der Waals surface area (Å²) in [4.78, 5) is 11.1. The molecule has 0 bridgehead atoms. The molecule has 3 nitrogen and oxygen atoms in total. The van der Waals surface area contributed by atoms with E-state index in [0.29, 0.717) is 5.75 Å². The van der Waals surface area contributed by atoms with E-state index in [4.69, 9.17) is 4.74 Å². The molecule has 0 atom stereocenters. The highest BCUT2D eigenvalue weighted by molar-refractivity contribution is 5.64. The standard InChI is InChI=1S/C14H20O3/c1-3-4-5-6-9-12-10-7-8-11-13(12)17-14(15)16-2/h7-8,10-11H,3-6,9H2,1-2H3. The Hall–Kier alpha value is -1.51. The van der Waals surface area contributed by atoms with E-state index in [1.54, 1.807) is 6.07 Å². The van der Waals surface area contributed by atoms with Crippen molar-refractivity contribution in [1.29, 1.82) is 0 Å². The predicted octanol–water partition coefficient (Wildman–Crippen LogP) is 3.95. The van der Waals surface area contributed by atoms with Crippen molar-refractivity contribution in [3.63, 3.8) is 0 Å². The molecule has 0 spiro atoms. The Morgan fingerprint density at radius 3 is 2.65 bits per heavy atom. The normalized spacial score (nSPS) is 10.0. The van der Waals surface area contributed by atoms with Crippen molar-refractivity contribution in [2.24, 2.45) is 0 Å². The molecule has 0 saturated heterocycles. The maximum absolute atomic E-state index is 11.1. The fourth-order valence-corrected chi connectivity index (χ4v) is 1.68. The van der Waals surface area contributed by atoms with Gasteiger partial charge in [0.2, 0.25) is 0 Å². The van der Waals surface area contributed by atoms with Crippen molar-refractivity contribution >= 4 is 6.16 Å². The first-order valence-electron chi connectivity index (χ1n) is 6.11. The third kappa shape index (κ3) is 4.89. The number of methoxy groups -OCH3 is 1. The van der Waals surface area contributed by atoms with Gasteiger partial charge < -0.3 is 9.47 Å². The fraction of sp³-hybridized carbons (Fsp3) is 0.500. The summed E-state index contributed by atoms with van der Waals surface area (Å²) < 4.78 is 9.58. The van der Waals surface area contributed by atoms with Gasteiger partial charge in [0.25, 0.3) is 0 Å². The zero-order valence-electron chi connectivity index (χ0n) is 10.6. The second kappa shape index (κ2) is 7.71. The van der Waals surface area contributed by atoms with Gasteiger partial charge in [0.05, 0.1) is 7.11 Å². The second-order valence-corrected chi connectivity index (χ2v) is 3.97. The highest BCUT2D eigenvalue weighted by Crippen LogP contribution is 2.21. The molecule has 1 aromatic carbocycles. The minimum atomic E-state index is -0.661. The highest BCUT2D eigenvalue weighted by Gasteiger charge is 2.08. The maximum Gasteiger partial charge on any atom is 0.513 e. The maximum atomic E-state index is 11.1. The Labute approximate surface area is 103 Å². The van der Waals surface area contributed by atoms with Crippen molar-refractivity contribution < 1.29 is 14.3 Å². The molecular formula is C14H20O3. The average molecular weight is 236 g/mol. The molecule has 0 aliphatic carbocycles. The van der Waals surface area contributed by atoms with Crippen LogP contribution in [0.1, 0.15) is 38.2 Å². The van der Waals surface area contributed by atoms with Gasteiger partial charge in [-0.05, 0) is 24.5 Å². The molecule has 0 fully saturated rings.